The second-order valence-electron chi connectivity index (χ2n) is 7.35. The Bertz CT molecular complexity index is 719. The lowest BCUT2D eigenvalue weighted by Crippen LogP contribution is -2.15. The zero-order valence-electron chi connectivity index (χ0n) is 16.7. The van der Waals surface area contributed by atoms with E-state index in [9.17, 15) is 0 Å². The van der Waals surface area contributed by atoms with Crippen LogP contribution in [0.4, 0.5) is 0 Å². The van der Waals surface area contributed by atoms with Gasteiger partial charge >= 0.3 is 0 Å². The van der Waals surface area contributed by atoms with Crippen LogP contribution in [0.15, 0.2) is 84.9 Å². The maximum absolute atomic E-state index is 3.54. The first-order valence-corrected chi connectivity index (χ1v) is 10.5. The Balaban J connectivity index is 1.29. The lowest BCUT2D eigenvalue weighted by atomic mass is 10.0. The van der Waals surface area contributed by atoms with E-state index in [-0.39, 0.29) is 0 Å². The van der Waals surface area contributed by atoms with Crippen molar-refractivity contribution in [2.24, 2.45) is 0 Å². The van der Waals surface area contributed by atoms with Gasteiger partial charge in [0.2, 0.25) is 0 Å². The van der Waals surface area contributed by atoms with Crippen LogP contribution in [0.2, 0.25) is 0 Å². The molecule has 146 valence electrons. The summed E-state index contributed by atoms with van der Waals surface area (Å²) in [6.45, 7) is 4.03. The van der Waals surface area contributed by atoms with Crippen LogP contribution in [-0.2, 0) is 25.9 Å². The minimum absolute atomic E-state index is 0.955. The zero-order chi connectivity index (χ0) is 19.3. The molecular formula is C26H32N2. The number of aryl methyl sites for hydroxylation is 2. The van der Waals surface area contributed by atoms with Crippen molar-refractivity contribution in [3.63, 3.8) is 0 Å². The highest BCUT2D eigenvalue weighted by molar-refractivity contribution is 5.24. The maximum atomic E-state index is 3.54. The van der Waals surface area contributed by atoms with Gasteiger partial charge in [0, 0.05) is 13.1 Å². The number of hydrogen-bond donors (Lipinski definition) is 2. The normalized spacial score (nSPS) is 10.9. The minimum atomic E-state index is 0.955. The minimum Gasteiger partial charge on any atom is -0.313 e. The van der Waals surface area contributed by atoms with Gasteiger partial charge in [-0.3, -0.25) is 0 Å². The Hall–Kier alpha value is -2.42. The number of rotatable bonds is 12. The van der Waals surface area contributed by atoms with Gasteiger partial charge in [-0.2, -0.15) is 0 Å². The summed E-state index contributed by atoms with van der Waals surface area (Å²) in [7, 11) is 0. The van der Waals surface area contributed by atoms with Crippen molar-refractivity contribution in [2.75, 3.05) is 13.1 Å². The highest BCUT2D eigenvalue weighted by atomic mass is 14.8. The fourth-order valence-corrected chi connectivity index (χ4v) is 3.43. The molecule has 0 aliphatic carbocycles. The van der Waals surface area contributed by atoms with Gasteiger partial charge in [0.1, 0.15) is 0 Å². The molecule has 3 aromatic rings. The van der Waals surface area contributed by atoms with Gasteiger partial charge in [-0.25, -0.2) is 0 Å². The van der Waals surface area contributed by atoms with Crippen molar-refractivity contribution in [2.45, 2.75) is 38.8 Å². The Morgan fingerprint density at radius 1 is 0.464 bits per heavy atom. The molecule has 0 heterocycles. The van der Waals surface area contributed by atoms with Crippen LogP contribution in [0.1, 0.15) is 35.1 Å². The number of nitrogens with one attached hydrogen (secondary N) is 2. The van der Waals surface area contributed by atoms with Crippen molar-refractivity contribution in [1.82, 2.24) is 10.6 Å². The van der Waals surface area contributed by atoms with Gasteiger partial charge in [0.05, 0.1) is 0 Å². The summed E-state index contributed by atoms with van der Waals surface area (Å²) in [6.07, 6.45) is 4.63. The zero-order valence-corrected chi connectivity index (χ0v) is 16.7. The summed E-state index contributed by atoms with van der Waals surface area (Å²) in [5, 5.41) is 7.08. The van der Waals surface area contributed by atoms with Gasteiger partial charge in [-0.1, -0.05) is 84.9 Å². The third kappa shape index (κ3) is 7.67. The molecule has 0 saturated heterocycles. The average Bonchev–Trinajstić information content (AvgIpc) is 2.75. The quantitative estimate of drug-likeness (QED) is 0.431. The van der Waals surface area contributed by atoms with Crippen LogP contribution in [0, 0.1) is 0 Å². The van der Waals surface area contributed by atoms with Gasteiger partial charge in [-0.15, -0.1) is 0 Å². The molecule has 0 aliphatic rings. The fraction of sp³-hybridized carbons (Fsp3) is 0.308. The van der Waals surface area contributed by atoms with Crippen LogP contribution in [-0.4, -0.2) is 13.1 Å². The topological polar surface area (TPSA) is 24.1 Å². The molecular weight excluding hydrogens is 340 g/mol. The summed E-state index contributed by atoms with van der Waals surface area (Å²) in [4.78, 5) is 0. The summed E-state index contributed by atoms with van der Waals surface area (Å²) in [6, 6.07) is 30.3. The third-order valence-corrected chi connectivity index (χ3v) is 4.97. The number of benzene rings is 3. The predicted octanol–water partition coefficient (Wildman–Crippen LogP) is 5.13. The van der Waals surface area contributed by atoms with E-state index in [1.54, 1.807) is 0 Å². The van der Waals surface area contributed by atoms with E-state index in [4.69, 9.17) is 0 Å². The second-order valence-corrected chi connectivity index (χ2v) is 7.35. The standard InChI is InChI=1S/C26H32N2/c1-3-10-25(11-4-1)21-27-18-8-16-23-14-7-15-24(20-23)17-9-19-28-22-26-12-5-2-6-13-26/h1-7,10-15,20,27-28H,8-9,16-19,21-22H2. The highest BCUT2D eigenvalue weighted by Gasteiger charge is 1.98. The highest BCUT2D eigenvalue weighted by Crippen LogP contribution is 2.10. The molecule has 0 saturated carbocycles. The van der Waals surface area contributed by atoms with E-state index in [1.807, 2.05) is 0 Å². The van der Waals surface area contributed by atoms with Crippen LogP contribution < -0.4 is 10.6 Å². The molecule has 2 N–H and O–H groups in total. The Morgan fingerprint density at radius 3 is 1.36 bits per heavy atom. The van der Waals surface area contributed by atoms with E-state index in [1.165, 1.54) is 35.1 Å². The first-order valence-electron chi connectivity index (χ1n) is 10.5. The molecule has 0 aromatic heterocycles. The summed E-state index contributed by atoms with van der Waals surface area (Å²) in [5.74, 6) is 0. The maximum Gasteiger partial charge on any atom is 0.0205 e. The average molecular weight is 373 g/mol. The molecule has 3 aromatic carbocycles. The van der Waals surface area contributed by atoms with Crippen LogP contribution in [0.25, 0.3) is 0 Å². The molecule has 2 heteroatoms. The van der Waals surface area contributed by atoms with Gasteiger partial charge in [0.15, 0.2) is 0 Å². The van der Waals surface area contributed by atoms with Crippen molar-refractivity contribution < 1.29 is 0 Å². The molecule has 0 bridgehead atoms. The Morgan fingerprint density at radius 2 is 0.893 bits per heavy atom. The molecule has 0 unspecified atom stereocenters. The van der Waals surface area contributed by atoms with Gasteiger partial charge in [0.25, 0.3) is 0 Å². The Kier molecular flexibility index (Phi) is 8.79. The summed E-state index contributed by atoms with van der Waals surface area (Å²) < 4.78 is 0. The van der Waals surface area contributed by atoms with Crippen molar-refractivity contribution >= 4 is 0 Å². The van der Waals surface area contributed by atoms with Crippen molar-refractivity contribution in [1.29, 1.82) is 0 Å². The molecule has 0 atom stereocenters. The monoisotopic (exact) mass is 372 g/mol. The lowest BCUT2D eigenvalue weighted by molar-refractivity contribution is 0.645. The smallest absolute Gasteiger partial charge is 0.0205 e. The first kappa shape index (κ1) is 20.3. The molecule has 0 spiro atoms. The molecule has 2 nitrogen and oxygen atoms in total. The molecule has 0 fully saturated rings. The third-order valence-electron chi connectivity index (χ3n) is 4.97. The molecule has 0 amide bonds. The summed E-state index contributed by atoms with van der Waals surface area (Å²) in [5.41, 5.74) is 5.61. The molecule has 0 aliphatic heterocycles. The van der Waals surface area contributed by atoms with Gasteiger partial charge in [-0.05, 0) is 61.0 Å². The predicted molar refractivity (Wildman–Crippen MR) is 119 cm³/mol. The van der Waals surface area contributed by atoms with Crippen molar-refractivity contribution in [3.8, 4) is 0 Å². The first-order chi connectivity index (χ1) is 13.9. The molecule has 0 radical (unpaired) electrons. The van der Waals surface area contributed by atoms with E-state index < -0.39 is 0 Å². The molecule has 28 heavy (non-hydrogen) atoms. The van der Waals surface area contributed by atoms with E-state index >= 15 is 0 Å². The van der Waals surface area contributed by atoms with Gasteiger partial charge < -0.3 is 10.6 Å². The second kappa shape index (κ2) is 12.1. The van der Waals surface area contributed by atoms with E-state index in [2.05, 4.69) is 95.6 Å². The van der Waals surface area contributed by atoms with Crippen LogP contribution in [0.5, 0.6) is 0 Å². The number of hydrogen-bond acceptors (Lipinski definition) is 2. The molecule has 3 rings (SSSR count). The van der Waals surface area contributed by atoms with Crippen LogP contribution in [0.3, 0.4) is 0 Å². The Labute approximate surface area is 170 Å². The fourth-order valence-electron chi connectivity index (χ4n) is 3.43. The largest absolute Gasteiger partial charge is 0.313 e. The van der Waals surface area contributed by atoms with E-state index in [0.29, 0.717) is 0 Å². The SMILES string of the molecule is c1ccc(CNCCCc2cccc(CCCNCc3ccccc3)c2)cc1. The van der Waals surface area contributed by atoms with E-state index in [0.717, 1.165) is 39.0 Å². The van der Waals surface area contributed by atoms with Crippen molar-refractivity contribution in [3.05, 3.63) is 107 Å². The summed E-state index contributed by atoms with van der Waals surface area (Å²) >= 11 is 0. The van der Waals surface area contributed by atoms with Crippen LogP contribution >= 0.6 is 0 Å². The lowest BCUT2D eigenvalue weighted by Gasteiger charge is -2.08.